The highest BCUT2D eigenvalue weighted by Crippen LogP contribution is 2.45. The van der Waals surface area contributed by atoms with E-state index in [2.05, 4.69) is 0 Å². The number of hydrogen-bond acceptors (Lipinski definition) is 4. The van der Waals surface area contributed by atoms with E-state index >= 15 is 0 Å². The Labute approximate surface area is 131 Å². The first kappa shape index (κ1) is 14.7. The number of carboxylic acid groups (broad SMARTS) is 1. The van der Waals surface area contributed by atoms with Crippen molar-refractivity contribution in [2.24, 2.45) is 0 Å². The number of ether oxygens (including phenoxy) is 2. The van der Waals surface area contributed by atoms with Crippen LogP contribution in [-0.2, 0) is 4.79 Å². The molecule has 22 heavy (non-hydrogen) atoms. The minimum atomic E-state index is -1.34. The Morgan fingerprint density at radius 1 is 1.14 bits per heavy atom. The highest BCUT2D eigenvalue weighted by atomic mass is 32.1. The maximum absolute atomic E-state index is 11.4. The number of methoxy groups -OCH3 is 1. The number of hydrogen-bond donors (Lipinski definition) is 1. The molecule has 1 heterocycles. The zero-order valence-electron chi connectivity index (χ0n) is 12.5. The molecule has 0 unspecified atom stereocenters. The summed E-state index contributed by atoms with van der Waals surface area (Å²) >= 11 is 1.57. The van der Waals surface area contributed by atoms with E-state index in [1.54, 1.807) is 18.4 Å². The molecule has 0 aliphatic carbocycles. The van der Waals surface area contributed by atoms with Gasteiger partial charge in [-0.25, -0.2) is 4.79 Å². The van der Waals surface area contributed by atoms with Gasteiger partial charge >= 0.3 is 5.97 Å². The molecule has 0 aliphatic rings. The second-order valence-corrected chi connectivity index (χ2v) is 6.54. The summed E-state index contributed by atoms with van der Waals surface area (Å²) < 4.78 is 13.2. The third-order valence-electron chi connectivity index (χ3n) is 3.56. The van der Waals surface area contributed by atoms with Crippen molar-refractivity contribution >= 4 is 37.5 Å². The van der Waals surface area contributed by atoms with E-state index in [0.29, 0.717) is 11.5 Å². The molecule has 1 N–H and O–H groups in total. The van der Waals surface area contributed by atoms with Crippen molar-refractivity contribution in [1.29, 1.82) is 0 Å². The van der Waals surface area contributed by atoms with Crippen LogP contribution in [-0.4, -0.2) is 23.8 Å². The molecule has 0 saturated heterocycles. The first-order valence-corrected chi connectivity index (χ1v) is 7.66. The van der Waals surface area contributed by atoms with Crippen LogP contribution in [0.25, 0.3) is 20.2 Å². The normalized spacial score (nSPS) is 11.8. The Bertz CT molecular complexity index is 864. The lowest BCUT2D eigenvalue weighted by Crippen LogP contribution is -2.38. The SMILES string of the molecule is COc1ccc2c(sc3ccccc32)c1OC(C)(C)C(=O)O. The molecule has 0 spiro atoms. The molecule has 114 valence electrons. The first-order valence-electron chi connectivity index (χ1n) is 6.84. The van der Waals surface area contributed by atoms with Gasteiger partial charge in [0.05, 0.1) is 11.8 Å². The smallest absolute Gasteiger partial charge is 0.347 e. The Morgan fingerprint density at radius 2 is 1.86 bits per heavy atom. The Kier molecular flexibility index (Phi) is 3.45. The predicted octanol–water partition coefficient (Wildman–Crippen LogP) is 4.31. The van der Waals surface area contributed by atoms with Crippen LogP contribution in [0.5, 0.6) is 11.5 Å². The minimum absolute atomic E-state index is 0.480. The molecule has 2 aromatic carbocycles. The topological polar surface area (TPSA) is 55.8 Å². The van der Waals surface area contributed by atoms with Crippen LogP contribution in [0.1, 0.15) is 13.8 Å². The summed E-state index contributed by atoms with van der Waals surface area (Å²) in [6.07, 6.45) is 0. The lowest BCUT2D eigenvalue weighted by molar-refractivity contribution is -0.152. The van der Waals surface area contributed by atoms with Crippen molar-refractivity contribution in [1.82, 2.24) is 0 Å². The standard InChI is InChI=1S/C17H16O4S/c1-17(2,16(18)19)21-14-12(20-3)9-8-11-10-6-4-5-7-13(10)22-15(11)14/h4-9H,1-3H3,(H,18,19). The Hall–Kier alpha value is -2.27. The average Bonchev–Trinajstić information content (AvgIpc) is 2.86. The van der Waals surface area contributed by atoms with Gasteiger partial charge in [-0.1, -0.05) is 18.2 Å². The maximum Gasteiger partial charge on any atom is 0.347 e. The van der Waals surface area contributed by atoms with E-state index in [-0.39, 0.29) is 0 Å². The molecule has 5 heteroatoms. The Balaban J connectivity index is 2.28. The summed E-state index contributed by atoms with van der Waals surface area (Å²) in [4.78, 5) is 11.4. The fourth-order valence-corrected chi connectivity index (χ4v) is 3.48. The fourth-order valence-electron chi connectivity index (χ4n) is 2.30. The van der Waals surface area contributed by atoms with Gasteiger partial charge in [0.2, 0.25) is 0 Å². The summed E-state index contributed by atoms with van der Waals surface area (Å²) in [7, 11) is 1.55. The van der Waals surface area contributed by atoms with Gasteiger partial charge in [0.25, 0.3) is 0 Å². The van der Waals surface area contributed by atoms with Crippen molar-refractivity contribution in [3.05, 3.63) is 36.4 Å². The van der Waals surface area contributed by atoms with Gasteiger partial charge in [0, 0.05) is 15.5 Å². The second kappa shape index (κ2) is 5.18. The summed E-state index contributed by atoms with van der Waals surface area (Å²) in [6.45, 7) is 3.06. The second-order valence-electron chi connectivity index (χ2n) is 5.49. The lowest BCUT2D eigenvalue weighted by atomic mass is 10.1. The lowest BCUT2D eigenvalue weighted by Gasteiger charge is -2.23. The highest BCUT2D eigenvalue weighted by molar-refractivity contribution is 7.26. The molecule has 0 atom stereocenters. The largest absolute Gasteiger partial charge is 0.493 e. The van der Waals surface area contributed by atoms with Crippen molar-refractivity contribution in [3.63, 3.8) is 0 Å². The van der Waals surface area contributed by atoms with E-state index in [4.69, 9.17) is 9.47 Å². The monoisotopic (exact) mass is 316 g/mol. The number of carboxylic acids is 1. The number of rotatable bonds is 4. The van der Waals surface area contributed by atoms with Gasteiger partial charge in [-0.15, -0.1) is 11.3 Å². The maximum atomic E-state index is 11.4. The average molecular weight is 316 g/mol. The van der Waals surface area contributed by atoms with Crippen LogP contribution >= 0.6 is 11.3 Å². The molecular formula is C17H16O4S. The fraction of sp³-hybridized carbons (Fsp3) is 0.235. The molecule has 0 fully saturated rings. The first-order chi connectivity index (χ1) is 10.4. The molecule has 4 nitrogen and oxygen atoms in total. The van der Waals surface area contributed by atoms with Crippen molar-refractivity contribution in [2.45, 2.75) is 19.4 Å². The van der Waals surface area contributed by atoms with Crippen LogP contribution in [0, 0.1) is 0 Å². The van der Waals surface area contributed by atoms with Crippen molar-refractivity contribution in [2.75, 3.05) is 7.11 Å². The van der Waals surface area contributed by atoms with Gasteiger partial charge in [-0.2, -0.15) is 0 Å². The molecule has 0 saturated carbocycles. The summed E-state index contributed by atoms with van der Waals surface area (Å²) in [5.74, 6) is -0.00496. The zero-order chi connectivity index (χ0) is 15.9. The minimum Gasteiger partial charge on any atom is -0.493 e. The van der Waals surface area contributed by atoms with Gasteiger partial charge in [0.1, 0.15) is 0 Å². The van der Waals surface area contributed by atoms with Crippen molar-refractivity contribution < 1.29 is 19.4 Å². The van der Waals surface area contributed by atoms with Crippen molar-refractivity contribution in [3.8, 4) is 11.5 Å². The number of fused-ring (bicyclic) bond motifs is 3. The zero-order valence-corrected chi connectivity index (χ0v) is 13.4. The van der Waals surface area contributed by atoms with Gasteiger partial charge in [-0.05, 0) is 32.0 Å². The predicted molar refractivity (Wildman–Crippen MR) is 88.2 cm³/mol. The van der Waals surface area contributed by atoms with Crippen LogP contribution in [0.2, 0.25) is 0 Å². The summed E-state index contributed by atoms with van der Waals surface area (Å²) in [5, 5.41) is 11.5. The molecule has 3 aromatic rings. The quantitative estimate of drug-likeness (QED) is 0.779. The number of carbonyl (C=O) groups is 1. The number of benzene rings is 2. The van der Waals surface area contributed by atoms with E-state index in [1.807, 2.05) is 36.4 Å². The van der Waals surface area contributed by atoms with E-state index in [1.165, 1.54) is 13.8 Å². The van der Waals surface area contributed by atoms with Gasteiger partial charge < -0.3 is 14.6 Å². The third kappa shape index (κ3) is 2.27. The number of thiophene rings is 1. The van der Waals surface area contributed by atoms with E-state index in [9.17, 15) is 9.90 Å². The molecule has 0 radical (unpaired) electrons. The molecule has 0 bridgehead atoms. The van der Waals surface area contributed by atoms with Crippen LogP contribution in [0.3, 0.4) is 0 Å². The molecule has 1 aromatic heterocycles. The van der Waals surface area contributed by atoms with Gasteiger partial charge in [-0.3, -0.25) is 0 Å². The van der Waals surface area contributed by atoms with Crippen LogP contribution < -0.4 is 9.47 Å². The molecule has 0 amide bonds. The number of aliphatic carboxylic acids is 1. The van der Waals surface area contributed by atoms with E-state index < -0.39 is 11.6 Å². The van der Waals surface area contributed by atoms with E-state index in [0.717, 1.165) is 20.2 Å². The third-order valence-corrected chi connectivity index (χ3v) is 4.74. The molecule has 0 aliphatic heterocycles. The van der Waals surface area contributed by atoms with Crippen LogP contribution in [0.4, 0.5) is 0 Å². The highest BCUT2D eigenvalue weighted by Gasteiger charge is 2.31. The molecule has 3 rings (SSSR count). The van der Waals surface area contributed by atoms with Gasteiger partial charge in [0.15, 0.2) is 17.1 Å². The summed E-state index contributed by atoms with van der Waals surface area (Å²) in [5.41, 5.74) is -1.34. The van der Waals surface area contributed by atoms with Crippen LogP contribution in [0.15, 0.2) is 36.4 Å². The summed E-state index contributed by atoms with van der Waals surface area (Å²) in [6, 6.07) is 11.9. The Morgan fingerprint density at radius 3 is 2.55 bits per heavy atom. The molecular weight excluding hydrogens is 300 g/mol.